The Morgan fingerprint density at radius 3 is 2.61 bits per heavy atom. The lowest BCUT2D eigenvalue weighted by Crippen LogP contribution is -2.27. The van der Waals surface area contributed by atoms with E-state index in [9.17, 15) is 9.59 Å². The van der Waals surface area contributed by atoms with Crippen LogP contribution >= 0.6 is 0 Å². The topological polar surface area (TPSA) is 102 Å². The van der Waals surface area contributed by atoms with E-state index in [1.165, 1.54) is 5.56 Å². The number of aromatic nitrogens is 3. The zero-order chi connectivity index (χ0) is 20.3. The highest BCUT2D eigenvalue weighted by atomic mass is 16.2. The summed E-state index contributed by atoms with van der Waals surface area (Å²) in [5.41, 5.74) is 9.83. The van der Waals surface area contributed by atoms with Crippen LogP contribution in [-0.4, -0.2) is 32.7 Å². The van der Waals surface area contributed by atoms with Gasteiger partial charge in [-0.05, 0) is 37.3 Å². The molecule has 0 unspecified atom stereocenters. The second kappa shape index (κ2) is 8.21. The molecule has 7 heteroatoms. The van der Waals surface area contributed by atoms with Gasteiger partial charge in [0.25, 0.3) is 5.91 Å². The average molecular weight is 379 g/mol. The molecule has 2 amide bonds. The van der Waals surface area contributed by atoms with Crippen LogP contribution in [0.4, 0.5) is 0 Å². The quantitative estimate of drug-likeness (QED) is 0.657. The molecule has 2 aromatic heterocycles. The molecule has 0 aliphatic heterocycles. The zero-order valence-electron chi connectivity index (χ0n) is 16.4. The fourth-order valence-electron chi connectivity index (χ4n) is 3.36. The van der Waals surface area contributed by atoms with E-state index in [4.69, 9.17) is 5.73 Å². The largest absolute Gasteiger partial charge is 0.364 e. The standard InChI is InChI=1S/C21H25N5O2/c1-13(16-7-5-4-6-8-16)11-23-18(27)10-9-17-14(2)25-21-19(20(22)28)24-12-26(21)15(17)3/h4-8,12-13H,9-11H2,1-3H3,(H2,22,28)(H,23,27)/t13-/m1/s1. The van der Waals surface area contributed by atoms with Gasteiger partial charge >= 0.3 is 0 Å². The predicted octanol–water partition coefficient (Wildman–Crippen LogP) is 2.30. The van der Waals surface area contributed by atoms with Crippen molar-refractivity contribution in [2.45, 2.75) is 39.5 Å². The number of rotatable bonds is 7. The molecule has 0 spiro atoms. The van der Waals surface area contributed by atoms with Crippen LogP contribution in [0.2, 0.25) is 0 Å². The van der Waals surface area contributed by atoms with Crippen molar-refractivity contribution in [2.75, 3.05) is 6.54 Å². The number of fused-ring (bicyclic) bond motifs is 1. The number of nitrogens with two attached hydrogens (primary N) is 1. The molecule has 0 saturated carbocycles. The fourth-order valence-corrected chi connectivity index (χ4v) is 3.36. The van der Waals surface area contributed by atoms with Crippen molar-refractivity contribution in [2.24, 2.45) is 5.73 Å². The Kier molecular flexibility index (Phi) is 5.73. The Hall–Kier alpha value is -3.22. The van der Waals surface area contributed by atoms with Crippen molar-refractivity contribution in [3.63, 3.8) is 0 Å². The first kappa shape index (κ1) is 19.5. The molecule has 0 aliphatic carbocycles. The molecule has 3 rings (SSSR count). The van der Waals surface area contributed by atoms with Crippen molar-refractivity contribution >= 4 is 17.5 Å². The first-order chi connectivity index (χ1) is 13.4. The second-order valence-corrected chi connectivity index (χ2v) is 7.03. The number of hydrogen-bond acceptors (Lipinski definition) is 4. The van der Waals surface area contributed by atoms with Gasteiger partial charge in [-0.2, -0.15) is 0 Å². The maximum atomic E-state index is 12.3. The smallest absolute Gasteiger partial charge is 0.271 e. The minimum Gasteiger partial charge on any atom is -0.364 e. The number of carbonyl (C=O) groups excluding carboxylic acids is 2. The van der Waals surface area contributed by atoms with Crippen LogP contribution in [0.25, 0.3) is 5.65 Å². The van der Waals surface area contributed by atoms with Gasteiger partial charge in [0.2, 0.25) is 5.91 Å². The Bertz CT molecular complexity index is 1010. The van der Waals surface area contributed by atoms with Crippen LogP contribution in [0.3, 0.4) is 0 Å². The van der Waals surface area contributed by atoms with Crippen molar-refractivity contribution in [3.05, 3.63) is 64.9 Å². The number of aryl methyl sites for hydroxylation is 2. The van der Waals surface area contributed by atoms with Gasteiger partial charge in [-0.15, -0.1) is 0 Å². The molecule has 0 saturated heterocycles. The maximum Gasteiger partial charge on any atom is 0.271 e. The molecule has 7 nitrogen and oxygen atoms in total. The highest BCUT2D eigenvalue weighted by Crippen LogP contribution is 2.19. The molecule has 0 aliphatic rings. The molecule has 3 N–H and O–H groups in total. The molecule has 0 bridgehead atoms. The Morgan fingerprint density at radius 1 is 1.21 bits per heavy atom. The third-order valence-corrected chi connectivity index (χ3v) is 5.06. The van der Waals surface area contributed by atoms with Crippen LogP contribution < -0.4 is 11.1 Å². The van der Waals surface area contributed by atoms with E-state index in [0.29, 0.717) is 25.0 Å². The number of nitrogens with zero attached hydrogens (tertiary/aromatic N) is 3. The second-order valence-electron chi connectivity index (χ2n) is 7.03. The Labute approximate surface area is 164 Å². The van der Waals surface area contributed by atoms with Gasteiger partial charge in [-0.1, -0.05) is 37.3 Å². The van der Waals surface area contributed by atoms with E-state index in [2.05, 4.69) is 34.3 Å². The fraction of sp³-hybridized carbons (Fsp3) is 0.333. The molecular weight excluding hydrogens is 354 g/mol. The van der Waals surface area contributed by atoms with Crippen LogP contribution in [0.15, 0.2) is 36.7 Å². The van der Waals surface area contributed by atoms with E-state index in [1.54, 1.807) is 10.7 Å². The van der Waals surface area contributed by atoms with Crippen LogP contribution in [0.1, 0.15) is 52.3 Å². The lowest BCUT2D eigenvalue weighted by Gasteiger charge is -2.14. The summed E-state index contributed by atoms with van der Waals surface area (Å²) in [7, 11) is 0. The number of carbonyl (C=O) groups is 2. The summed E-state index contributed by atoms with van der Waals surface area (Å²) >= 11 is 0. The van der Waals surface area contributed by atoms with Crippen molar-refractivity contribution < 1.29 is 9.59 Å². The van der Waals surface area contributed by atoms with Gasteiger partial charge in [-0.3, -0.25) is 14.0 Å². The summed E-state index contributed by atoms with van der Waals surface area (Å²) in [6.45, 7) is 6.49. The summed E-state index contributed by atoms with van der Waals surface area (Å²) in [5.74, 6) is -0.344. The minimum absolute atomic E-state index is 0.00475. The van der Waals surface area contributed by atoms with Crippen molar-refractivity contribution in [1.29, 1.82) is 0 Å². The first-order valence-electron chi connectivity index (χ1n) is 9.33. The number of hydrogen-bond donors (Lipinski definition) is 2. The average Bonchev–Trinajstić information content (AvgIpc) is 3.10. The van der Waals surface area contributed by atoms with Crippen molar-refractivity contribution in [3.8, 4) is 0 Å². The highest BCUT2D eigenvalue weighted by molar-refractivity contribution is 5.96. The predicted molar refractivity (Wildman–Crippen MR) is 107 cm³/mol. The molecule has 2 heterocycles. The number of amides is 2. The van der Waals surface area contributed by atoms with Gasteiger partial charge in [0, 0.05) is 24.4 Å². The molecule has 3 aromatic rings. The van der Waals surface area contributed by atoms with E-state index in [0.717, 1.165) is 17.0 Å². The number of nitrogens with one attached hydrogen (secondary N) is 1. The van der Waals surface area contributed by atoms with Crippen molar-refractivity contribution in [1.82, 2.24) is 19.7 Å². The highest BCUT2D eigenvalue weighted by Gasteiger charge is 2.17. The van der Waals surface area contributed by atoms with Crippen LogP contribution in [0, 0.1) is 13.8 Å². The number of imidazole rings is 1. The first-order valence-corrected chi connectivity index (χ1v) is 9.33. The summed E-state index contributed by atoms with van der Waals surface area (Å²) in [5, 5.41) is 3.01. The SMILES string of the molecule is Cc1nc2c(C(N)=O)ncn2c(C)c1CCC(=O)NC[C@@H](C)c1ccccc1. The molecule has 1 aromatic carbocycles. The molecule has 0 radical (unpaired) electrons. The van der Waals surface area contributed by atoms with Gasteiger partial charge in [0.05, 0.1) is 0 Å². The van der Waals surface area contributed by atoms with E-state index in [-0.39, 0.29) is 17.5 Å². The van der Waals surface area contributed by atoms with E-state index < -0.39 is 5.91 Å². The molecule has 146 valence electrons. The van der Waals surface area contributed by atoms with E-state index >= 15 is 0 Å². The van der Waals surface area contributed by atoms with Gasteiger partial charge in [0.15, 0.2) is 11.3 Å². The molecule has 28 heavy (non-hydrogen) atoms. The maximum absolute atomic E-state index is 12.3. The lowest BCUT2D eigenvalue weighted by molar-refractivity contribution is -0.121. The third kappa shape index (κ3) is 4.03. The van der Waals surface area contributed by atoms with Gasteiger partial charge in [-0.25, -0.2) is 9.97 Å². The minimum atomic E-state index is -0.603. The normalized spacial score (nSPS) is 12.1. The number of benzene rings is 1. The summed E-state index contributed by atoms with van der Waals surface area (Å²) in [6.07, 6.45) is 2.48. The van der Waals surface area contributed by atoms with Crippen LogP contribution in [0.5, 0.6) is 0 Å². The molecule has 1 atom stereocenters. The third-order valence-electron chi connectivity index (χ3n) is 5.06. The van der Waals surface area contributed by atoms with Gasteiger partial charge < -0.3 is 11.1 Å². The molecular formula is C21H25N5O2. The zero-order valence-corrected chi connectivity index (χ0v) is 16.4. The Morgan fingerprint density at radius 2 is 1.93 bits per heavy atom. The summed E-state index contributed by atoms with van der Waals surface area (Å²) in [4.78, 5) is 32.3. The van der Waals surface area contributed by atoms with E-state index in [1.807, 2.05) is 32.0 Å². The Balaban J connectivity index is 1.65. The lowest BCUT2D eigenvalue weighted by atomic mass is 10.0. The van der Waals surface area contributed by atoms with Crippen LogP contribution in [-0.2, 0) is 11.2 Å². The van der Waals surface area contributed by atoms with Gasteiger partial charge in [0.1, 0.15) is 6.33 Å². The number of primary amides is 1. The summed E-state index contributed by atoms with van der Waals surface area (Å²) < 4.78 is 1.75. The monoisotopic (exact) mass is 379 g/mol. The summed E-state index contributed by atoms with van der Waals surface area (Å²) in [6, 6.07) is 10.1. The molecule has 0 fully saturated rings.